The van der Waals surface area contributed by atoms with Crippen molar-refractivity contribution in [3.05, 3.63) is 117 Å². The highest BCUT2D eigenvalue weighted by atomic mass is 35.5. The lowest BCUT2D eigenvalue weighted by Crippen LogP contribution is -2.32. The lowest BCUT2D eigenvalue weighted by atomic mass is 9.90. The molecule has 4 aromatic carbocycles. The van der Waals surface area contributed by atoms with Crippen molar-refractivity contribution in [1.82, 2.24) is 4.90 Å². The number of nitrogens with zero attached hydrogens (tertiary/aromatic N) is 1. The minimum atomic E-state index is -5.15. The molecule has 1 N–H and O–H groups in total. The van der Waals surface area contributed by atoms with Crippen LogP contribution in [0.25, 0.3) is 22.3 Å². The van der Waals surface area contributed by atoms with Crippen LogP contribution in [0, 0.1) is 6.92 Å². The third-order valence-corrected chi connectivity index (χ3v) is 8.93. The standard InChI is InChI=1S/C36H29ClF9NO3/c1-18-11-23(33(3,4)49)6-8-27(18)20-5-10-30(37)29(15-20)28-9-7-24(34(38,39)40)14-22(28)17-47-19(2)31(50-32(47)48)21-12-25(35(41,42)43)16-26(13-21)36(44,45)46/h5-16,19,31,49H,17H2,1-4H3/t19-,31-/m0/s1. The molecule has 4 aromatic rings. The van der Waals surface area contributed by atoms with Crippen molar-refractivity contribution in [3.63, 3.8) is 0 Å². The van der Waals surface area contributed by atoms with Crippen molar-refractivity contribution in [1.29, 1.82) is 0 Å². The van der Waals surface area contributed by atoms with E-state index in [9.17, 15) is 49.4 Å². The van der Waals surface area contributed by atoms with Crippen LogP contribution in [0.3, 0.4) is 0 Å². The molecule has 1 saturated heterocycles. The molecule has 1 amide bonds. The highest BCUT2D eigenvalue weighted by Gasteiger charge is 2.44. The molecule has 2 atom stereocenters. The molecule has 266 valence electrons. The predicted molar refractivity (Wildman–Crippen MR) is 168 cm³/mol. The van der Waals surface area contributed by atoms with Crippen LogP contribution in [0.2, 0.25) is 5.02 Å². The Hall–Kier alpha value is -4.23. The van der Waals surface area contributed by atoms with Gasteiger partial charge in [0.2, 0.25) is 0 Å². The van der Waals surface area contributed by atoms with Gasteiger partial charge in [0.1, 0.15) is 6.10 Å². The molecule has 1 heterocycles. The Morgan fingerprint density at radius 3 is 1.82 bits per heavy atom. The van der Waals surface area contributed by atoms with E-state index < -0.39 is 71.2 Å². The Kier molecular flexibility index (Phi) is 9.50. The molecule has 1 fully saturated rings. The van der Waals surface area contributed by atoms with Crippen molar-refractivity contribution in [2.24, 2.45) is 0 Å². The molecule has 4 nitrogen and oxygen atoms in total. The Balaban J connectivity index is 1.57. The van der Waals surface area contributed by atoms with E-state index in [-0.39, 0.29) is 22.2 Å². The summed E-state index contributed by atoms with van der Waals surface area (Å²) in [7, 11) is 0. The zero-order chi connectivity index (χ0) is 37.1. The Morgan fingerprint density at radius 1 is 0.720 bits per heavy atom. The van der Waals surface area contributed by atoms with Crippen LogP contribution in [0.15, 0.2) is 72.8 Å². The molecule has 1 aliphatic rings. The van der Waals surface area contributed by atoms with E-state index in [0.29, 0.717) is 28.8 Å². The van der Waals surface area contributed by atoms with Crippen molar-refractivity contribution < 1.29 is 54.2 Å². The maximum atomic E-state index is 13.9. The number of benzene rings is 4. The number of carbonyl (C=O) groups excluding carboxylic acids is 1. The summed E-state index contributed by atoms with van der Waals surface area (Å²) in [4.78, 5) is 14.0. The zero-order valence-corrected chi connectivity index (χ0v) is 27.5. The Morgan fingerprint density at radius 2 is 1.28 bits per heavy atom. The molecule has 5 rings (SSSR count). The molecule has 0 unspecified atom stereocenters. The number of halogens is 10. The van der Waals surface area contributed by atoms with Crippen LogP contribution >= 0.6 is 11.6 Å². The first-order valence-corrected chi connectivity index (χ1v) is 15.4. The van der Waals surface area contributed by atoms with Gasteiger partial charge in [-0.1, -0.05) is 41.9 Å². The number of amides is 1. The summed E-state index contributed by atoms with van der Waals surface area (Å²) in [5.74, 6) is 0. The van der Waals surface area contributed by atoms with Gasteiger partial charge in [-0.15, -0.1) is 0 Å². The largest absolute Gasteiger partial charge is 0.439 e. The highest BCUT2D eigenvalue weighted by molar-refractivity contribution is 6.33. The van der Waals surface area contributed by atoms with Gasteiger partial charge >= 0.3 is 24.6 Å². The fourth-order valence-corrected chi connectivity index (χ4v) is 6.14. The molecular formula is C36H29ClF9NO3. The number of carbonyl (C=O) groups is 1. The number of rotatable bonds is 6. The summed E-state index contributed by atoms with van der Waals surface area (Å²) >= 11 is 6.58. The van der Waals surface area contributed by atoms with Crippen molar-refractivity contribution >= 4 is 17.7 Å². The second-order valence-corrected chi connectivity index (χ2v) is 13.1. The van der Waals surface area contributed by atoms with Gasteiger partial charge in [-0.3, -0.25) is 4.90 Å². The lowest BCUT2D eigenvalue weighted by molar-refractivity contribution is -0.143. The van der Waals surface area contributed by atoms with E-state index in [1.165, 1.54) is 13.0 Å². The first-order valence-electron chi connectivity index (χ1n) is 15.1. The molecular weight excluding hydrogens is 701 g/mol. The average molecular weight is 730 g/mol. The van der Waals surface area contributed by atoms with Gasteiger partial charge in [0.15, 0.2) is 0 Å². The third-order valence-electron chi connectivity index (χ3n) is 8.60. The normalized spacial score (nSPS) is 17.3. The van der Waals surface area contributed by atoms with Crippen molar-refractivity contribution in [2.75, 3.05) is 0 Å². The average Bonchev–Trinajstić information content (AvgIpc) is 3.28. The smallest absolute Gasteiger partial charge is 0.416 e. The maximum Gasteiger partial charge on any atom is 0.416 e. The second kappa shape index (κ2) is 12.8. The van der Waals surface area contributed by atoms with Gasteiger partial charge in [0.05, 0.1) is 34.9 Å². The number of aryl methyl sites for hydroxylation is 1. The number of alkyl halides is 9. The number of cyclic esters (lactones) is 1. The highest BCUT2D eigenvalue weighted by Crippen LogP contribution is 2.43. The van der Waals surface area contributed by atoms with Crippen LogP contribution in [-0.2, 0) is 35.4 Å². The van der Waals surface area contributed by atoms with Gasteiger partial charge in [-0.05, 0) is 109 Å². The van der Waals surface area contributed by atoms with Crippen LogP contribution in [-0.4, -0.2) is 22.1 Å². The molecule has 0 bridgehead atoms. The second-order valence-electron chi connectivity index (χ2n) is 12.7. The van der Waals surface area contributed by atoms with Crippen LogP contribution < -0.4 is 0 Å². The number of hydrogen-bond donors (Lipinski definition) is 1. The molecule has 1 aliphatic heterocycles. The fraction of sp³-hybridized carbons (Fsp3) is 0.306. The topological polar surface area (TPSA) is 49.8 Å². The Bertz CT molecular complexity index is 1910. The predicted octanol–water partition coefficient (Wildman–Crippen LogP) is 11.3. The zero-order valence-electron chi connectivity index (χ0n) is 26.8. The van der Waals surface area contributed by atoms with Gasteiger partial charge in [0, 0.05) is 10.6 Å². The van der Waals surface area contributed by atoms with Gasteiger partial charge in [-0.2, -0.15) is 39.5 Å². The van der Waals surface area contributed by atoms with Crippen molar-refractivity contribution in [3.8, 4) is 22.3 Å². The van der Waals surface area contributed by atoms with E-state index in [2.05, 4.69) is 0 Å². The van der Waals surface area contributed by atoms with Gasteiger partial charge in [0.25, 0.3) is 0 Å². The SMILES string of the molecule is Cc1cc(C(C)(C)O)ccc1-c1ccc(Cl)c(-c2ccc(C(F)(F)F)cc2CN2C(=O)O[C@H](c3cc(C(F)(F)F)cc(C(F)(F)F)c3)[C@@H]2C)c1. The maximum absolute atomic E-state index is 13.9. The quantitative estimate of drug-likeness (QED) is 0.201. The minimum Gasteiger partial charge on any atom is -0.439 e. The summed E-state index contributed by atoms with van der Waals surface area (Å²) in [6.45, 7) is 5.84. The van der Waals surface area contributed by atoms with E-state index in [0.717, 1.165) is 28.2 Å². The van der Waals surface area contributed by atoms with E-state index >= 15 is 0 Å². The molecule has 0 spiro atoms. The van der Waals surface area contributed by atoms with Crippen molar-refractivity contribution in [2.45, 2.75) is 70.5 Å². The van der Waals surface area contributed by atoms with E-state index in [1.807, 2.05) is 6.92 Å². The molecule has 0 aromatic heterocycles. The van der Waals surface area contributed by atoms with E-state index in [4.69, 9.17) is 16.3 Å². The van der Waals surface area contributed by atoms with Crippen LogP contribution in [0.1, 0.15) is 65.8 Å². The van der Waals surface area contributed by atoms with Gasteiger partial charge < -0.3 is 9.84 Å². The first kappa shape index (κ1) is 37.0. The number of hydrogen-bond acceptors (Lipinski definition) is 3. The van der Waals surface area contributed by atoms with E-state index in [1.54, 1.807) is 50.2 Å². The lowest BCUT2D eigenvalue weighted by Gasteiger charge is -2.24. The third kappa shape index (κ3) is 7.58. The monoisotopic (exact) mass is 729 g/mol. The summed E-state index contributed by atoms with van der Waals surface area (Å²) < 4.78 is 128. The summed E-state index contributed by atoms with van der Waals surface area (Å²) in [5.41, 5.74) is -2.73. The summed E-state index contributed by atoms with van der Waals surface area (Å²) in [6, 6.07) is 12.7. The first-order chi connectivity index (χ1) is 22.9. The van der Waals surface area contributed by atoms with Crippen LogP contribution in [0.5, 0.6) is 0 Å². The Labute approximate surface area is 286 Å². The number of ether oxygens (including phenoxy) is 1. The molecule has 0 aliphatic carbocycles. The molecule has 0 saturated carbocycles. The minimum absolute atomic E-state index is 0.0568. The van der Waals surface area contributed by atoms with Crippen LogP contribution in [0.4, 0.5) is 44.3 Å². The number of aliphatic hydroxyl groups is 1. The van der Waals surface area contributed by atoms with Gasteiger partial charge in [-0.25, -0.2) is 4.79 Å². The molecule has 50 heavy (non-hydrogen) atoms. The summed E-state index contributed by atoms with van der Waals surface area (Å²) in [5, 5.41) is 10.6. The molecule has 14 heteroatoms. The molecule has 0 radical (unpaired) electrons. The summed E-state index contributed by atoms with van der Waals surface area (Å²) in [6.07, 6.45) is -17.9. The fourth-order valence-electron chi connectivity index (χ4n) is 5.92.